The zero-order valence-electron chi connectivity index (χ0n) is 14.0. The van der Waals surface area contributed by atoms with Gasteiger partial charge < -0.3 is 4.74 Å². The highest BCUT2D eigenvalue weighted by molar-refractivity contribution is 7.98. The van der Waals surface area contributed by atoms with Gasteiger partial charge in [-0.3, -0.25) is 14.2 Å². The van der Waals surface area contributed by atoms with Crippen molar-refractivity contribution < 1.29 is 9.53 Å². The molecule has 1 heterocycles. The summed E-state index contributed by atoms with van der Waals surface area (Å²) in [6.07, 6.45) is 0. The standard InChI is InChI=1S/C19H15N3O3S/c1-25-17(23)11-22-18(24)15-4-2-3-5-16(15)21-19(22)26-12-14-8-6-13(10-20)7-9-14/h2-9H,11-12H2,1H3. The Kier molecular flexibility index (Phi) is 5.34. The molecule has 0 saturated carbocycles. The normalized spacial score (nSPS) is 10.5. The minimum atomic E-state index is -0.510. The maximum atomic E-state index is 12.8. The summed E-state index contributed by atoms with van der Waals surface area (Å²) >= 11 is 1.36. The van der Waals surface area contributed by atoms with Crippen molar-refractivity contribution in [2.45, 2.75) is 17.5 Å². The fourth-order valence-corrected chi connectivity index (χ4v) is 3.37. The Hall–Kier alpha value is -3.11. The van der Waals surface area contributed by atoms with Crippen LogP contribution in [0.5, 0.6) is 0 Å². The van der Waals surface area contributed by atoms with E-state index in [4.69, 9.17) is 10.00 Å². The number of fused-ring (bicyclic) bond motifs is 1. The van der Waals surface area contributed by atoms with Gasteiger partial charge >= 0.3 is 5.97 Å². The molecule has 6 nitrogen and oxygen atoms in total. The molecule has 0 radical (unpaired) electrons. The van der Waals surface area contributed by atoms with Crippen molar-refractivity contribution in [2.24, 2.45) is 0 Å². The summed E-state index contributed by atoms with van der Waals surface area (Å²) < 4.78 is 6.03. The number of ether oxygens (including phenoxy) is 1. The summed E-state index contributed by atoms with van der Waals surface area (Å²) in [5.74, 6) is 0.0434. The van der Waals surface area contributed by atoms with Gasteiger partial charge in [-0.05, 0) is 29.8 Å². The van der Waals surface area contributed by atoms with Crippen molar-refractivity contribution in [3.63, 3.8) is 0 Å². The first-order valence-corrected chi connectivity index (χ1v) is 8.79. The fourth-order valence-electron chi connectivity index (χ4n) is 2.41. The number of carbonyl (C=O) groups is 1. The van der Waals surface area contributed by atoms with Crippen LogP contribution >= 0.6 is 11.8 Å². The Morgan fingerprint density at radius 2 is 1.96 bits per heavy atom. The highest BCUT2D eigenvalue weighted by Crippen LogP contribution is 2.22. The number of thioether (sulfide) groups is 1. The third-order valence-corrected chi connectivity index (χ3v) is 4.84. The quantitative estimate of drug-likeness (QED) is 0.393. The molecule has 0 aliphatic rings. The van der Waals surface area contributed by atoms with Gasteiger partial charge in [0.15, 0.2) is 5.16 Å². The second-order valence-corrected chi connectivity index (χ2v) is 6.42. The third kappa shape index (κ3) is 3.76. The lowest BCUT2D eigenvalue weighted by molar-refractivity contribution is -0.141. The molecule has 0 unspecified atom stereocenters. The Morgan fingerprint density at radius 1 is 1.23 bits per heavy atom. The van der Waals surface area contributed by atoms with Crippen LogP contribution in [0.1, 0.15) is 11.1 Å². The van der Waals surface area contributed by atoms with Gasteiger partial charge in [0, 0.05) is 5.75 Å². The lowest BCUT2D eigenvalue weighted by atomic mass is 10.2. The molecule has 26 heavy (non-hydrogen) atoms. The van der Waals surface area contributed by atoms with Crippen molar-refractivity contribution >= 4 is 28.6 Å². The number of nitrogens with zero attached hydrogens (tertiary/aromatic N) is 3. The molecule has 7 heteroatoms. The predicted molar refractivity (Wildman–Crippen MR) is 98.7 cm³/mol. The van der Waals surface area contributed by atoms with Crippen LogP contribution in [-0.2, 0) is 21.8 Å². The Balaban J connectivity index is 1.96. The number of carbonyl (C=O) groups excluding carboxylic acids is 1. The molecular formula is C19H15N3O3S. The lowest BCUT2D eigenvalue weighted by Crippen LogP contribution is -2.27. The van der Waals surface area contributed by atoms with Crippen LogP contribution in [0.15, 0.2) is 58.5 Å². The van der Waals surface area contributed by atoms with Gasteiger partial charge in [-0.25, -0.2) is 4.98 Å². The van der Waals surface area contributed by atoms with Crippen LogP contribution < -0.4 is 5.56 Å². The SMILES string of the molecule is COC(=O)Cn1c(SCc2ccc(C#N)cc2)nc2ccccc2c1=O. The molecule has 0 aliphatic heterocycles. The average molecular weight is 365 g/mol. The molecule has 0 fully saturated rings. The van der Waals surface area contributed by atoms with E-state index in [0.29, 0.717) is 27.4 Å². The van der Waals surface area contributed by atoms with Gasteiger partial charge in [-0.15, -0.1) is 0 Å². The number of nitriles is 1. The largest absolute Gasteiger partial charge is 0.468 e. The molecule has 0 saturated heterocycles. The van der Waals surface area contributed by atoms with Crippen LogP contribution in [0.4, 0.5) is 0 Å². The smallest absolute Gasteiger partial charge is 0.325 e. The van der Waals surface area contributed by atoms with E-state index < -0.39 is 5.97 Å². The summed E-state index contributed by atoms with van der Waals surface area (Å²) in [5, 5.41) is 9.77. The number of aromatic nitrogens is 2. The zero-order chi connectivity index (χ0) is 18.5. The van der Waals surface area contributed by atoms with Crippen LogP contribution in [-0.4, -0.2) is 22.6 Å². The number of methoxy groups -OCH3 is 1. The Labute approximate surface area is 154 Å². The maximum absolute atomic E-state index is 12.8. The van der Waals surface area contributed by atoms with E-state index in [-0.39, 0.29) is 12.1 Å². The second kappa shape index (κ2) is 7.85. The van der Waals surface area contributed by atoms with Crippen molar-refractivity contribution in [1.29, 1.82) is 5.26 Å². The summed E-state index contributed by atoms with van der Waals surface area (Å²) in [6, 6.07) is 16.3. The first-order valence-electron chi connectivity index (χ1n) is 7.80. The summed E-state index contributed by atoms with van der Waals surface area (Å²) in [4.78, 5) is 29.0. The average Bonchev–Trinajstić information content (AvgIpc) is 2.69. The van der Waals surface area contributed by atoms with Crippen LogP contribution in [0, 0.1) is 11.3 Å². The summed E-state index contributed by atoms with van der Waals surface area (Å²) in [5.41, 5.74) is 1.88. The molecule has 0 atom stereocenters. The molecule has 0 amide bonds. The minimum absolute atomic E-state index is 0.192. The third-order valence-electron chi connectivity index (χ3n) is 3.79. The highest BCUT2D eigenvalue weighted by Gasteiger charge is 2.14. The van der Waals surface area contributed by atoms with Gasteiger partial charge in [0.05, 0.1) is 29.6 Å². The van der Waals surface area contributed by atoms with Crippen molar-refractivity contribution in [1.82, 2.24) is 9.55 Å². The van der Waals surface area contributed by atoms with E-state index in [2.05, 4.69) is 11.1 Å². The minimum Gasteiger partial charge on any atom is -0.468 e. The highest BCUT2D eigenvalue weighted by atomic mass is 32.2. The topological polar surface area (TPSA) is 85.0 Å². The molecule has 130 valence electrons. The number of hydrogen-bond donors (Lipinski definition) is 0. The van der Waals surface area contributed by atoms with Gasteiger partial charge in [0.2, 0.25) is 0 Å². The van der Waals surface area contributed by atoms with Crippen LogP contribution in [0.2, 0.25) is 0 Å². The number of rotatable bonds is 5. The molecule has 2 aromatic carbocycles. The van der Waals surface area contributed by atoms with Crippen LogP contribution in [0.3, 0.4) is 0 Å². The number of para-hydroxylation sites is 1. The van der Waals surface area contributed by atoms with Crippen molar-refractivity contribution in [3.8, 4) is 6.07 Å². The van der Waals surface area contributed by atoms with E-state index >= 15 is 0 Å². The molecule has 3 aromatic rings. The number of esters is 1. The lowest BCUT2D eigenvalue weighted by Gasteiger charge is -2.12. The van der Waals surface area contributed by atoms with Gasteiger partial charge in [-0.1, -0.05) is 36.0 Å². The Morgan fingerprint density at radius 3 is 2.65 bits per heavy atom. The molecule has 3 rings (SSSR count). The monoisotopic (exact) mass is 365 g/mol. The summed E-state index contributed by atoms with van der Waals surface area (Å²) in [6.45, 7) is -0.192. The fraction of sp³-hybridized carbons (Fsp3) is 0.158. The van der Waals surface area contributed by atoms with E-state index in [0.717, 1.165) is 5.56 Å². The first-order chi connectivity index (χ1) is 12.6. The maximum Gasteiger partial charge on any atom is 0.325 e. The molecular weight excluding hydrogens is 350 g/mol. The molecule has 0 spiro atoms. The van der Waals surface area contributed by atoms with Crippen molar-refractivity contribution in [3.05, 3.63) is 70.0 Å². The molecule has 0 aliphatic carbocycles. The predicted octanol–water partition coefficient (Wildman–Crippen LogP) is 2.73. The second-order valence-electron chi connectivity index (χ2n) is 5.48. The summed E-state index contributed by atoms with van der Waals surface area (Å²) in [7, 11) is 1.28. The van der Waals surface area contributed by atoms with Gasteiger partial charge in [-0.2, -0.15) is 5.26 Å². The van der Waals surface area contributed by atoms with Crippen molar-refractivity contribution in [2.75, 3.05) is 7.11 Å². The number of benzene rings is 2. The zero-order valence-corrected chi connectivity index (χ0v) is 14.8. The molecule has 0 N–H and O–H groups in total. The van der Waals surface area contributed by atoms with E-state index in [1.54, 1.807) is 30.3 Å². The van der Waals surface area contributed by atoms with Gasteiger partial charge in [0.25, 0.3) is 5.56 Å². The molecule has 0 bridgehead atoms. The number of hydrogen-bond acceptors (Lipinski definition) is 6. The Bertz CT molecular complexity index is 1050. The molecule has 1 aromatic heterocycles. The van der Waals surface area contributed by atoms with E-state index in [1.165, 1.54) is 23.4 Å². The van der Waals surface area contributed by atoms with E-state index in [1.807, 2.05) is 18.2 Å². The van der Waals surface area contributed by atoms with Gasteiger partial charge in [0.1, 0.15) is 6.54 Å². The van der Waals surface area contributed by atoms with E-state index in [9.17, 15) is 9.59 Å². The van der Waals surface area contributed by atoms with Crippen LogP contribution in [0.25, 0.3) is 10.9 Å². The first kappa shape index (κ1) is 17.7.